The van der Waals surface area contributed by atoms with Crippen molar-refractivity contribution in [1.29, 1.82) is 0 Å². The summed E-state index contributed by atoms with van der Waals surface area (Å²) in [4.78, 5) is 8.45. The first-order valence-electron chi connectivity index (χ1n) is 7.53. The monoisotopic (exact) mass is 290 g/mol. The largest absolute Gasteiger partial charge is 0.265 e. The van der Waals surface area contributed by atoms with Gasteiger partial charge in [0.25, 0.3) is 0 Å². The second kappa shape index (κ2) is 8.08. The first kappa shape index (κ1) is 15.9. The lowest BCUT2D eigenvalue weighted by molar-refractivity contribution is 0.960. The maximum Gasteiger partial charge on any atom is 0.0698 e. The summed E-state index contributed by atoms with van der Waals surface area (Å²) in [7, 11) is 0. The van der Waals surface area contributed by atoms with Crippen molar-refractivity contribution in [2.45, 2.75) is 26.7 Å². The molecule has 2 rings (SSSR count). The summed E-state index contributed by atoms with van der Waals surface area (Å²) in [6.45, 7) is 8.26. The highest BCUT2D eigenvalue weighted by Gasteiger charge is 2.01. The molecule has 0 saturated heterocycles. The molecule has 0 N–H and O–H groups in total. The smallest absolute Gasteiger partial charge is 0.0698 e. The van der Waals surface area contributed by atoms with Crippen molar-refractivity contribution >= 4 is 5.57 Å². The van der Waals surface area contributed by atoms with Crippen molar-refractivity contribution in [2.24, 2.45) is 0 Å². The van der Waals surface area contributed by atoms with Gasteiger partial charge in [-0.05, 0) is 73.2 Å². The molecule has 0 aliphatic carbocycles. The number of allylic oxidation sites excluding steroid dienone is 5. The zero-order valence-corrected chi connectivity index (χ0v) is 13.3. The summed E-state index contributed by atoms with van der Waals surface area (Å²) in [5.74, 6) is 0. The molecule has 0 aromatic carbocycles. The van der Waals surface area contributed by atoms with Gasteiger partial charge in [-0.25, -0.2) is 0 Å². The summed E-state index contributed by atoms with van der Waals surface area (Å²) < 4.78 is 0. The number of aryl methyl sites for hydroxylation is 2. The van der Waals surface area contributed by atoms with Crippen molar-refractivity contribution in [2.75, 3.05) is 0 Å². The highest BCUT2D eigenvalue weighted by Crippen LogP contribution is 2.18. The summed E-state index contributed by atoms with van der Waals surface area (Å²) in [5, 5.41) is 0. The van der Waals surface area contributed by atoms with E-state index in [1.54, 1.807) is 0 Å². The molecule has 2 aromatic rings. The standard InChI is InChI=1S/C20H22N2/c1-4-5-19(7-6-18-9-11-21-12-10-18)15-17(3)20-14-16(2)8-13-22-20/h4-5,8-15H,3,6-7H2,1-2H3/b5-4-,19-15+. The van der Waals surface area contributed by atoms with Crippen LogP contribution in [0.3, 0.4) is 0 Å². The first-order valence-corrected chi connectivity index (χ1v) is 7.53. The van der Waals surface area contributed by atoms with E-state index in [0.717, 1.165) is 24.1 Å². The molecule has 22 heavy (non-hydrogen) atoms. The Kier molecular flexibility index (Phi) is 5.84. The molecule has 112 valence electrons. The summed E-state index contributed by atoms with van der Waals surface area (Å²) in [5.41, 5.74) is 5.64. The molecule has 2 aromatic heterocycles. The third kappa shape index (κ3) is 4.81. The van der Waals surface area contributed by atoms with E-state index >= 15 is 0 Å². The maximum absolute atomic E-state index is 4.39. The number of aromatic nitrogens is 2. The van der Waals surface area contributed by atoms with Crippen molar-refractivity contribution in [3.8, 4) is 0 Å². The van der Waals surface area contributed by atoms with Gasteiger partial charge in [0.2, 0.25) is 0 Å². The highest BCUT2D eigenvalue weighted by atomic mass is 14.7. The molecule has 0 spiro atoms. The fourth-order valence-corrected chi connectivity index (χ4v) is 2.27. The Morgan fingerprint density at radius 3 is 2.64 bits per heavy atom. The van der Waals surface area contributed by atoms with Gasteiger partial charge >= 0.3 is 0 Å². The average molecular weight is 290 g/mol. The second-order valence-corrected chi connectivity index (χ2v) is 5.32. The molecule has 0 saturated carbocycles. The van der Waals surface area contributed by atoms with E-state index in [2.05, 4.69) is 59.9 Å². The van der Waals surface area contributed by atoms with Crippen LogP contribution in [0.25, 0.3) is 5.57 Å². The Hall–Kier alpha value is -2.48. The van der Waals surface area contributed by atoms with Gasteiger partial charge in [-0.2, -0.15) is 0 Å². The average Bonchev–Trinajstić information content (AvgIpc) is 2.54. The van der Waals surface area contributed by atoms with Crippen LogP contribution in [0.15, 0.2) is 73.2 Å². The Morgan fingerprint density at radius 2 is 1.95 bits per heavy atom. The van der Waals surface area contributed by atoms with Gasteiger partial charge in [-0.15, -0.1) is 0 Å². The lowest BCUT2D eigenvalue weighted by Gasteiger charge is -2.06. The van der Waals surface area contributed by atoms with E-state index < -0.39 is 0 Å². The van der Waals surface area contributed by atoms with Crippen LogP contribution >= 0.6 is 0 Å². The molecule has 0 bridgehead atoms. The molecule has 0 atom stereocenters. The minimum atomic E-state index is 0.936. The summed E-state index contributed by atoms with van der Waals surface area (Å²) >= 11 is 0. The van der Waals surface area contributed by atoms with Crippen molar-refractivity contribution < 1.29 is 0 Å². The molecule has 2 heterocycles. The van der Waals surface area contributed by atoms with Gasteiger partial charge in [0.05, 0.1) is 5.69 Å². The quantitative estimate of drug-likeness (QED) is 0.705. The molecule has 0 fully saturated rings. The number of nitrogens with zero attached hydrogens (tertiary/aromatic N) is 2. The van der Waals surface area contributed by atoms with Crippen LogP contribution < -0.4 is 0 Å². The molecular weight excluding hydrogens is 268 g/mol. The summed E-state index contributed by atoms with van der Waals surface area (Å²) in [6.07, 6.45) is 13.8. The van der Waals surface area contributed by atoms with Gasteiger partial charge in [0, 0.05) is 18.6 Å². The van der Waals surface area contributed by atoms with Crippen LogP contribution in [-0.2, 0) is 6.42 Å². The van der Waals surface area contributed by atoms with E-state index in [4.69, 9.17) is 0 Å². The molecule has 0 radical (unpaired) electrons. The maximum atomic E-state index is 4.39. The van der Waals surface area contributed by atoms with Gasteiger partial charge in [0.1, 0.15) is 0 Å². The summed E-state index contributed by atoms with van der Waals surface area (Å²) in [6, 6.07) is 8.18. The SMILES string of the molecule is C=C(/C=C(\C=C/C)CCc1ccncc1)c1cc(C)ccn1. The van der Waals surface area contributed by atoms with Crippen molar-refractivity contribution in [3.63, 3.8) is 0 Å². The molecule has 0 amide bonds. The first-order chi connectivity index (χ1) is 10.7. The van der Waals surface area contributed by atoms with Crippen molar-refractivity contribution in [1.82, 2.24) is 9.97 Å². The van der Waals surface area contributed by atoms with Gasteiger partial charge in [0.15, 0.2) is 0 Å². The number of pyridine rings is 2. The third-order valence-electron chi connectivity index (χ3n) is 3.44. The van der Waals surface area contributed by atoms with Crippen LogP contribution in [-0.4, -0.2) is 9.97 Å². The second-order valence-electron chi connectivity index (χ2n) is 5.32. The molecule has 2 heteroatoms. The predicted molar refractivity (Wildman–Crippen MR) is 93.5 cm³/mol. The zero-order valence-electron chi connectivity index (χ0n) is 13.3. The van der Waals surface area contributed by atoms with Crippen LogP contribution in [0.2, 0.25) is 0 Å². The van der Waals surface area contributed by atoms with E-state index in [1.165, 1.54) is 16.7 Å². The molecular formula is C20H22N2. The Labute approximate surface area is 133 Å². The van der Waals surface area contributed by atoms with Crippen molar-refractivity contribution in [3.05, 3.63) is 90.1 Å². The van der Waals surface area contributed by atoms with E-state index in [1.807, 2.05) is 31.6 Å². The van der Waals surface area contributed by atoms with Gasteiger partial charge in [-0.1, -0.05) is 24.8 Å². The topological polar surface area (TPSA) is 25.8 Å². The number of rotatable bonds is 6. The highest BCUT2D eigenvalue weighted by molar-refractivity contribution is 5.71. The molecule has 0 aliphatic heterocycles. The fraction of sp³-hybridized carbons (Fsp3) is 0.200. The molecule has 2 nitrogen and oxygen atoms in total. The van der Waals surface area contributed by atoms with Gasteiger partial charge < -0.3 is 0 Å². The predicted octanol–water partition coefficient (Wildman–Crippen LogP) is 4.93. The Morgan fingerprint density at radius 1 is 1.18 bits per heavy atom. The minimum absolute atomic E-state index is 0.936. The van der Waals surface area contributed by atoms with Crippen LogP contribution in [0.4, 0.5) is 0 Å². The van der Waals surface area contributed by atoms with Crippen LogP contribution in [0, 0.1) is 6.92 Å². The Bertz CT molecular complexity index is 682. The lowest BCUT2D eigenvalue weighted by atomic mass is 10.0. The molecule has 0 unspecified atom stereocenters. The number of hydrogen-bond acceptors (Lipinski definition) is 2. The zero-order chi connectivity index (χ0) is 15.8. The minimum Gasteiger partial charge on any atom is -0.265 e. The van der Waals surface area contributed by atoms with Crippen LogP contribution in [0.5, 0.6) is 0 Å². The lowest BCUT2D eigenvalue weighted by Crippen LogP contribution is -1.91. The van der Waals surface area contributed by atoms with Gasteiger partial charge in [-0.3, -0.25) is 9.97 Å². The Balaban J connectivity index is 2.11. The van der Waals surface area contributed by atoms with E-state index in [9.17, 15) is 0 Å². The van der Waals surface area contributed by atoms with E-state index in [-0.39, 0.29) is 0 Å². The number of hydrogen-bond donors (Lipinski definition) is 0. The third-order valence-corrected chi connectivity index (χ3v) is 3.44. The fourth-order valence-electron chi connectivity index (χ4n) is 2.27. The molecule has 0 aliphatic rings. The van der Waals surface area contributed by atoms with E-state index in [0.29, 0.717) is 0 Å². The van der Waals surface area contributed by atoms with Crippen LogP contribution in [0.1, 0.15) is 30.2 Å². The normalized spacial score (nSPS) is 11.8.